The van der Waals surface area contributed by atoms with Crippen molar-refractivity contribution in [3.05, 3.63) is 35.1 Å². The summed E-state index contributed by atoms with van der Waals surface area (Å²) in [6, 6.07) is 4.07. The van der Waals surface area contributed by atoms with Gasteiger partial charge in [-0.25, -0.2) is 4.39 Å². The number of carbonyl (C=O) groups is 1. The summed E-state index contributed by atoms with van der Waals surface area (Å²) in [7, 11) is -0.833. The van der Waals surface area contributed by atoms with E-state index in [9.17, 15) is 13.4 Å². The zero-order valence-corrected chi connectivity index (χ0v) is 10.8. The number of amides is 1. The number of carbonyl (C=O) groups excluding carboxylic acids is 1. The largest absolute Gasteiger partial charge is 0.352 e. The predicted octanol–water partition coefficient (Wildman–Crippen LogP) is 1.63. The van der Waals surface area contributed by atoms with Crippen LogP contribution in [0.2, 0.25) is 0 Å². The van der Waals surface area contributed by atoms with Gasteiger partial charge in [-0.1, -0.05) is 0 Å². The van der Waals surface area contributed by atoms with Gasteiger partial charge in [-0.2, -0.15) is 0 Å². The van der Waals surface area contributed by atoms with Crippen molar-refractivity contribution in [1.82, 2.24) is 5.32 Å². The summed E-state index contributed by atoms with van der Waals surface area (Å²) in [5.74, 6) is 0.00712. The van der Waals surface area contributed by atoms with Crippen LogP contribution in [-0.2, 0) is 10.8 Å². The summed E-state index contributed by atoms with van der Waals surface area (Å²) < 4.78 is 23.6. The molecule has 0 aliphatic heterocycles. The lowest BCUT2D eigenvalue weighted by molar-refractivity contribution is 0.0953. The number of hydrogen-bond donors (Lipinski definition) is 1. The second kappa shape index (κ2) is 6.49. The van der Waals surface area contributed by atoms with Crippen LogP contribution in [0.15, 0.2) is 18.2 Å². The lowest BCUT2D eigenvalue weighted by Crippen LogP contribution is -2.26. The van der Waals surface area contributed by atoms with E-state index in [0.29, 0.717) is 29.8 Å². The lowest BCUT2D eigenvalue weighted by atomic mass is 10.1. The molecule has 17 heavy (non-hydrogen) atoms. The quantitative estimate of drug-likeness (QED) is 0.815. The maximum Gasteiger partial charge on any atom is 0.251 e. The van der Waals surface area contributed by atoms with E-state index in [0.717, 1.165) is 0 Å². The van der Waals surface area contributed by atoms with Crippen LogP contribution >= 0.6 is 0 Å². The Kier molecular flexibility index (Phi) is 5.28. The van der Waals surface area contributed by atoms with E-state index < -0.39 is 10.8 Å². The molecular formula is C12H16FNO2S. The van der Waals surface area contributed by atoms with Crippen molar-refractivity contribution in [3.8, 4) is 0 Å². The molecule has 5 heteroatoms. The Balaban J connectivity index is 2.50. The number of rotatable bonds is 5. The molecule has 3 nitrogen and oxygen atoms in total. The molecule has 1 rings (SSSR count). The van der Waals surface area contributed by atoms with Gasteiger partial charge in [0, 0.05) is 34.9 Å². The Bertz CT molecular complexity index is 435. The van der Waals surface area contributed by atoms with Gasteiger partial charge in [-0.3, -0.25) is 9.00 Å². The molecule has 0 fully saturated rings. The van der Waals surface area contributed by atoms with Gasteiger partial charge in [0.25, 0.3) is 5.91 Å². The van der Waals surface area contributed by atoms with Crippen LogP contribution in [0.25, 0.3) is 0 Å². The Morgan fingerprint density at radius 1 is 1.47 bits per heavy atom. The Hall–Kier alpha value is -1.23. The Morgan fingerprint density at radius 2 is 2.18 bits per heavy atom. The average molecular weight is 257 g/mol. The number of benzene rings is 1. The van der Waals surface area contributed by atoms with E-state index in [1.807, 2.05) is 0 Å². The van der Waals surface area contributed by atoms with Gasteiger partial charge in [0.15, 0.2) is 0 Å². The van der Waals surface area contributed by atoms with Gasteiger partial charge in [0.1, 0.15) is 5.82 Å². The maximum absolute atomic E-state index is 12.8. The average Bonchev–Trinajstić information content (AvgIpc) is 2.23. The van der Waals surface area contributed by atoms with Crippen LogP contribution < -0.4 is 5.32 Å². The van der Waals surface area contributed by atoms with Crippen molar-refractivity contribution in [1.29, 1.82) is 0 Å². The fourth-order valence-electron chi connectivity index (χ4n) is 1.45. The molecule has 0 aliphatic rings. The SMILES string of the molecule is Cc1cc(F)ccc1C(=O)NCCCS(C)=O. The van der Waals surface area contributed by atoms with Crippen molar-refractivity contribution >= 4 is 16.7 Å². The summed E-state index contributed by atoms with van der Waals surface area (Å²) in [4.78, 5) is 11.7. The highest BCUT2D eigenvalue weighted by Gasteiger charge is 2.08. The molecule has 1 aromatic carbocycles. The van der Waals surface area contributed by atoms with E-state index in [-0.39, 0.29) is 11.7 Å². The monoisotopic (exact) mass is 257 g/mol. The summed E-state index contributed by atoms with van der Waals surface area (Å²) in [5, 5.41) is 2.72. The zero-order chi connectivity index (χ0) is 12.8. The molecule has 0 aliphatic carbocycles. The molecule has 0 radical (unpaired) electrons. The van der Waals surface area contributed by atoms with Gasteiger partial charge in [-0.15, -0.1) is 0 Å². The standard InChI is InChI=1S/C12H16FNO2S/c1-9-8-10(13)4-5-11(9)12(15)14-6-3-7-17(2)16/h4-5,8H,3,6-7H2,1-2H3,(H,14,15). The Morgan fingerprint density at radius 3 is 2.76 bits per heavy atom. The van der Waals surface area contributed by atoms with E-state index in [1.165, 1.54) is 18.2 Å². The number of halogens is 1. The maximum atomic E-state index is 12.8. The molecule has 1 atom stereocenters. The first-order valence-electron chi connectivity index (χ1n) is 5.35. The molecule has 0 saturated heterocycles. The number of hydrogen-bond acceptors (Lipinski definition) is 2. The molecule has 1 amide bonds. The molecular weight excluding hydrogens is 241 g/mol. The lowest BCUT2D eigenvalue weighted by Gasteiger charge is -2.07. The van der Waals surface area contributed by atoms with Crippen LogP contribution in [0.4, 0.5) is 4.39 Å². The first-order chi connectivity index (χ1) is 8.00. The normalized spacial score (nSPS) is 12.2. The highest BCUT2D eigenvalue weighted by Crippen LogP contribution is 2.09. The van der Waals surface area contributed by atoms with Crippen molar-refractivity contribution < 1.29 is 13.4 Å². The topological polar surface area (TPSA) is 46.2 Å². The van der Waals surface area contributed by atoms with Crippen LogP contribution in [0.1, 0.15) is 22.3 Å². The summed E-state index contributed by atoms with van der Waals surface area (Å²) >= 11 is 0. The van der Waals surface area contributed by atoms with Crippen molar-refractivity contribution in [2.24, 2.45) is 0 Å². The van der Waals surface area contributed by atoms with E-state index in [2.05, 4.69) is 5.32 Å². The van der Waals surface area contributed by atoms with E-state index >= 15 is 0 Å². The molecule has 0 saturated carbocycles. The molecule has 0 aromatic heterocycles. The van der Waals surface area contributed by atoms with Crippen molar-refractivity contribution in [3.63, 3.8) is 0 Å². The van der Waals surface area contributed by atoms with Crippen LogP contribution in [-0.4, -0.2) is 28.7 Å². The molecule has 1 N–H and O–H groups in total. The second-order valence-electron chi connectivity index (χ2n) is 3.85. The van der Waals surface area contributed by atoms with Gasteiger partial charge < -0.3 is 5.32 Å². The first-order valence-corrected chi connectivity index (χ1v) is 7.08. The minimum atomic E-state index is -0.833. The fourth-order valence-corrected chi connectivity index (χ4v) is 2.01. The summed E-state index contributed by atoms with van der Waals surface area (Å²) in [5.41, 5.74) is 1.09. The minimum Gasteiger partial charge on any atom is -0.352 e. The molecule has 1 aromatic rings. The van der Waals surface area contributed by atoms with Crippen molar-refractivity contribution in [2.45, 2.75) is 13.3 Å². The second-order valence-corrected chi connectivity index (χ2v) is 5.40. The van der Waals surface area contributed by atoms with Crippen molar-refractivity contribution in [2.75, 3.05) is 18.6 Å². The smallest absolute Gasteiger partial charge is 0.251 e. The molecule has 94 valence electrons. The third-order valence-corrected chi connectivity index (χ3v) is 3.19. The molecule has 1 unspecified atom stereocenters. The van der Waals surface area contributed by atoms with Gasteiger partial charge in [0.05, 0.1) is 0 Å². The predicted molar refractivity (Wildman–Crippen MR) is 67.0 cm³/mol. The van der Waals surface area contributed by atoms with Crippen LogP contribution in [0, 0.1) is 12.7 Å². The number of nitrogens with one attached hydrogen (secondary N) is 1. The summed E-state index contributed by atoms with van der Waals surface area (Å²) in [6.07, 6.45) is 2.31. The minimum absolute atomic E-state index is 0.218. The Labute approximate surface area is 103 Å². The van der Waals surface area contributed by atoms with E-state index in [1.54, 1.807) is 13.2 Å². The molecule has 0 spiro atoms. The van der Waals surface area contributed by atoms with E-state index in [4.69, 9.17) is 0 Å². The number of aryl methyl sites for hydroxylation is 1. The molecule has 0 bridgehead atoms. The third kappa shape index (κ3) is 4.65. The third-order valence-electron chi connectivity index (χ3n) is 2.33. The van der Waals surface area contributed by atoms with Gasteiger partial charge >= 0.3 is 0 Å². The molecule has 0 heterocycles. The van der Waals surface area contributed by atoms with Gasteiger partial charge in [0.2, 0.25) is 0 Å². The van der Waals surface area contributed by atoms with Crippen LogP contribution in [0.3, 0.4) is 0 Å². The zero-order valence-electron chi connectivity index (χ0n) is 9.96. The van der Waals surface area contributed by atoms with Crippen LogP contribution in [0.5, 0.6) is 0 Å². The first kappa shape index (κ1) is 13.8. The fraction of sp³-hybridized carbons (Fsp3) is 0.417. The highest BCUT2D eigenvalue weighted by molar-refractivity contribution is 7.84. The van der Waals surface area contributed by atoms with Gasteiger partial charge in [-0.05, 0) is 37.1 Å². The highest BCUT2D eigenvalue weighted by atomic mass is 32.2. The summed E-state index contributed by atoms with van der Waals surface area (Å²) in [6.45, 7) is 2.17.